The number of rotatable bonds is 4. The molecule has 0 radical (unpaired) electrons. The van der Waals surface area contributed by atoms with Crippen molar-refractivity contribution in [3.63, 3.8) is 0 Å². The molecule has 0 bridgehead atoms. The lowest BCUT2D eigenvalue weighted by Gasteiger charge is -2.11. The number of benzene rings is 1. The fourth-order valence-corrected chi connectivity index (χ4v) is 1.81. The first kappa shape index (κ1) is 12.2. The molecule has 92 valence electrons. The van der Waals surface area contributed by atoms with E-state index in [1.165, 1.54) is 0 Å². The Hall–Kier alpha value is -2.28. The molecule has 18 heavy (non-hydrogen) atoms. The molecule has 4 heteroatoms. The van der Waals surface area contributed by atoms with Crippen LogP contribution in [0.4, 0.5) is 0 Å². The number of nitrogens with zero attached hydrogens (tertiary/aromatic N) is 2. The van der Waals surface area contributed by atoms with Crippen molar-refractivity contribution in [2.45, 2.75) is 13.8 Å². The number of pyridine rings is 1. The highest BCUT2D eigenvalue weighted by Crippen LogP contribution is 2.32. The molecule has 1 heterocycles. The van der Waals surface area contributed by atoms with Gasteiger partial charge in [-0.05, 0) is 19.9 Å². The summed E-state index contributed by atoms with van der Waals surface area (Å²) in [6.07, 6.45) is 0. The molecule has 0 spiro atoms. The zero-order chi connectivity index (χ0) is 13.0. The fourth-order valence-electron chi connectivity index (χ4n) is 1.81. The van der Waals surface area contributed by atoms with E-state index in [0.29, 0.717) is 30.5 Å². The third-order valence-electron chi connectivity index (χ3n) is 2.52. The number of hydrogen-bond acceptors (Lipinski definition) is 4. The van der Waals surface area contributed by atoms with Crippen molar-refractivity contribution in [3.8, 4) is 17.8 Å². The minimum atomic E-state index is 0.335. The van der Waals surface area contributed by atoms with Gasteiger partial charge >= 0.3 is 0 Å². The lowest BCUT2D eigenvalue weighted by molar-refractivity contribution is 0.301. The van der Waals surface area contributed by atoms with Crippen molar-refractivity contribution in [1.82, 2.24) is 4.98 Å². The first-order valence-electron chi connectivity index (χ1n) is 5.90. The third kappa shape index (κ3) is 2.07. The summed E-state index contributed by atoms with van der Waals surface area (Å²) in [6.45, 7) is 4.74. The topological polar surface area (TPSA) is 55.1 Å². The zero-order valence-corrected chi connectivity index (χ0v) is 10.4. The maximum Gasteiger partial charge on any atom is 0.235 e. The van der Waals surface area contributed by atoms with Crippen LogP contribution in [0.3, 0.4) is 0 Å². The molecule has 0 saturated carbocycles. The molecule has 0 unspecified atom stereocenters. The standard InChI is InChI=1S/C14H14N2O2/c1-3-17-13-11-8-6-5-7-10(11)12(9-15)14(16-13)18-4-2/h5-8H,3-4H2,1-2H3. The van der Waals surface area contributed by atoms with Gasteiger partial charge in [0.05, 0.1) is 13.2 Å². The van der Waals surface area contributed by atoms with Crippen molar-refractivity contribution in [3.05, 3.63) is 29.8 Å². The molecular formula is C14H14N2O2. The van der Waals surface area contributed by atoms with E-state index >= 15 is 0 Å². The molecule has 0 amide bonds. The van der Waals surface area contributed by atoms with Crippen LogP contribution < -0.4 is 9.47 Å². The summed E-state index contributed by atoms with van der Waals surface area (Å²) in [5, 5.41) is 10.9. The monoisotopic (exact) mass is 242 g/mol. The first-order valence-corrected chi connectivity index (χ1v) is 5.90. The van der Waals surface area contributed by atoms with Crippen molar-refractivity contribution in [2.24, 2.45) is 0 Å². The highest BCUT2D eigenvalue weighted by atomic mass is 16.5. The van der Waals surface area contributed by atoms with Crippen LogP contribution in [0, 0.1) is 11.3 Å². The van der Waals surface area contributed by atoms with Gasteiger partial charge in [-0.15, -0.1) is 0 Å². The number of hydrogen-bond donors (Lipinski definition) is 0. The Labute approximate surface area is 106 Å². The largest absolute Gasteiger partial charge is 0.477 e. The number of ether oxygens (including phenoxy) is 2. The Bertz CT molecular complexity index is 603. The fraction of sp³-hybridized carbons (Fsp3) is 0.286. The number of fused-ring (bicyclic) bond motifs is 1. The van der Waals surface area contributed by atoms with E-state index in [1.54, 1.807) is 0 Å². The molecule has 0 atom stereocenters. The van der Waals surface area contributed by atoms with E-state index in [4.69, 9.17) is 9.47 Å². The summed E-state index contributed by atoms with van der Waals surface area (Å²) < 4.78 is 10.9. The average Bonchev–Trinajstić information content (AvgIpc) is 2.40. The highest BCUT2D eigenvalue weighted by Gasteiger charge is 2.14. The van der Waals surface area contributed by atoms with Gasteiger partial charge in [0, 0.05) is 10.8 Å². The van der Waals surface area contributed by atoms with Crippen LogP contribution in [0.25, 0.3) is 10.8 Å². The number of nitriles is 1. The molecule has 1 aromatic heterocycles. The zero-order valence-electron chi connectivity index (χ0n) is 10.4. The summed E-state index contributed by atoms with van der Waals surface area (Å²) in [4.78, 5) is 4.28. The predicted octanol–water partition coefficient (Wildman–Crippen LogP) is 2.90. The Kier molecular flexibility index (Phi) is 3.63. The molecule has 0 fully saturated rings. The van der Waals surface area contributed by atoms with Gasteiger partial charge in [0.1, 0.15) is 11.6 Å². The van der Waals surface area contributed by atoms with E-state index < -0.39 is 0 Å². The van der Waals surface area contributed by atoms with Crippen LogP contribution in [-0.2, 0) is 0 Å². The molecule has 2 rings (SSSR count). The van der Waals surface area contributed by atoms with E-state index in [9.17, 15) is 5.26 Å². The predicted molar refractivity (Wildman–Crippen MR) is 68.8 cm³/mol. The van der Waals surface area contributed by atoms with E-state index in [0.717, 1.165) is 10.8 Å². The van der Waals surface area contributed by atoms with Crippen LogP contribution in [-0.4, -0.2) is 18.2 Å². The van der Waals surface area contributed by atoms with Gasteiger partial charge in [0.2, 0.25) is 11.8 Å². The Morgan fingerprint density at radius 2 is 1.67 bits per heavy atom. The molecule has 4 nitrogen and oxygen atoms in total. The highest BCUT2D eigenvalue weighted by molar-refractivity contribution is 5.92. The normalized spacial score (nSPS) is 10.1. The van der Waals surface area contributed by atoms with Crippen molar-refractivity contribution < 1.29 is 9.47 Å². The van der Waals surface area contributed by atoms with Gasteiger partial charge < -0.3 is 9.47 Å². The Balaban J connectivity index is 2.74. The molecule has 0 saturated heterocycles. The first-order chi connectivity index (χ1) is 8.81. The van der Waals surface area contributed by atoms with Crippen LogP contribution >= 0.6 is 0 Å². The van der Waals surface area contributed by atoms with E-state index in [-0.39, 0.29) is 0 Å². The van der Waals surface area contributed by atoms with Crippen LogP contribution in [0.5, 0.6) is 11.8 Å². The molecule has 2 aromatic rings. The maximum atomic E-state index is 9.25. The summed E-state index contributed by atoms with van der Waals surface area (Å²) in [5.74, 6) is 0.845. The lowest BCUT2D eigenvalue weighted by atomic mass is 10.1. The van der Waals surface area contributed by atoms with Gasteiger partial charge in [-0.1, -0.05) is 18.2 Å². The van der Waals surface area contributed by atoms with Gasteiger partial charge in [0.25, 0.3) is 0 Å². The molecule has 0 aliphatic rings. The summed E-state index contributed by atoms with van der Waals surface area (Å²) in [6, 6.07) is 9.70. The van der Waals surface area contributed by atoms with Crippen molar-refractivity contribution in [1.29, 1.82) is 5.26 Å². The van der Waals surface area contributed by atoms with Gasteiger partial charge in [-0.25, -0.2) is 0 Å². The molecule has 1 aromatic carbocycles. The summed E-state index contributed by atoms with van der Waals surface area (Å²) in [7, 11) is 0. The minimum absolute atomic E-state index is 0.335. The van der Waals surface area contributed by atoms with Gasteiger partial charge in [-0.3, -0.25) is 0 Å². The molecular weight excluding hydrogens is 228 g/mol. The maximum absolute atomic E-state index is 9.25. The summed E-state index contributed by atoms with van der Waals surface area (Å²) in [5.41, 5.74) is 0.455. The van der Waals surface area contributed by atoms with E-state index in [2.05, 4.69) is 11.1 Å². The SMILES string of the molecule is CCOc1nc(OCC)c2ccccc2c1C#N. The quantitative estimate of drug-likeness (QED) is 0.827. The second-order valence-electron chi connectivity index (χ2n) is 3.62. The molecule has 0 aliphatic heterocycles. The number of aromatic nitrogens is 1. The second kappa shape index (κ2) is 5.37. The Morgan fingerprint density at radius 1 is 1.06 bits per heavy atom. The van der Waals surface area contributed by atoms with Gasteiger partial charge in [0.15, 0.2) is 0 Å². The van der Waals surface area contributed by atoms with Gasteiger partial charge in [-0.2, -0.15) is 10.2 Å². The molecule has 0 N–H and O–H groups in total. The van der Waals surface area contributed by atoms with Crippen molar-refractivity contribution in [2.75, 3.05) is 13.2 Å². The average molecular weight is 242 g/mol. The lowest BCUT2D eigenvalue weighted by Crippen LogP contribution is -2.02. The van der Waals surface area contributed by atoms with E-state index in [1.807, 2.05) is 38.1 Å². The van der Waals surface area contributed by atoms with Crippen molar-refractivity contribution >= 4 is 10.8 Å². The minimum Gasteiger partial charge on any atom is -0.477 e. The molecule has 0 aliphatic carbocycles. The van der Waals surface area contributed by atoms with Crippen LogP contribution in [0.1, 0.15) is 19.4 Å². The van der Waals surface area contributed by atoms with Crippen LogP contribution in [0.2, 0.25) is 0 Å². The smallest absolute Gasteiger partial charge is 0.235 e. The third-order valence-corrected chi connectivity index (χ3v) is 2.52. The van der Waals surface area contributed by atoms with Crippen LogP contribution in [0.15, 0.2) is 24.3 Å². The second-order valence-corrected chi connectivity index (χ2v) is 3.62. The summed E-state index contributed by atoms with van der Waals surface area (Å²) >= 11 is 0. The Morgan fingerprint density at radius 3 is 2.28 bits per heavy atom.